The largest absolute Gasteiger partial charge is 0.298 e. The van der Waals surface area contributed by atoms with Crippen molar-refractivity contribution in [2.45, 2.75) is 26.7 Å². The number of halogens is 1. The number of ketones is 1. The molecule has 0 rings (SSSR count). The van der Waals surface area contributed by atoms with Gasteiger partial charge in [-0.1, -0.05) is 13.8 Å². The summed E-state index contributed by atoms with van der Waals surface area (Å²) < 4.78 is 0. The highest BCUT2D eigenvalue weighted by Gasteiger charge is 2.11. The van der Waals surface area contributed by atoms with E-state index in [1.165, 1.54) is 0 Å². The number of carbonyl (C=O) groups is 1. The Morgan fingerprint density at radius 3 is 2.00 bits per heavy atom. The minimum Gasteiger partial charge on any atom is -0.298 e. The fourth-order valence-electron chi connectivity index (χ4n) is 0.853. The predicted molar refractivity (Wildman–Crippen MR) is 39.8 cm³/mol. The lowest BCUT2D eigenvalue weighted by atomic mass is 10.00. The van der Waals surface area contributed by atoms with E-state index in [0.29, 0.717) is 0 Å². The monoisotopic (exact) mass is 148 g/mol. The van der Waals surface area contributed by atoms with Gasteiger partial charge in [0.2, 0.25) is 0 Å². The highest BCUT2D eigenvalue weighted by atomic mass is 35.5. The number of Topliss-reactive ketones (excluding diaryl/α,β-unsaturated/α-hetero) is 1. The molecule has 0 spiro atoms. The SMILES string of the molecule is CCC(CC)C(=O)CCl. The molecule has 0 N–H and O–H groups in total. The molecular formula is C7H13ClO. The molecule has 0 saturated heterocycles. The Hall–Kier alpha value is -0.0400. The Bertz CT molecular complexity index is 86.9. The number of hydrogen-bond donors (Lipinski definition) is 0. The molecule has 2 heteroatoms. The normalized spacial score (nSPS) is 10.2. The molecule has 0 aromatic rings. The van der Waals surface area contributed by atoms with E-state index in [0.717, 1.165) is 12.8 Å². The Morgan fingerprint density at radius 2 is 1.89 bits per heavy atom. The van der Waals surface area contributed by atoms with Crippen molar-refractivity contribution in [2.24, 2.45) is 5.92 Å². The lowest BCUT2D eigenvalue weighted by molar-refractivity contribution is -0.120. The molecule has 0 aliphatic carbocycles. The van der Waals surface area contributed by atoms with Crippen molar-refractivity contribution in [2.75, 3.05) is 5.88 Å². The molecule has 0 aliphatic heterocycles. The molecule has 1 nitrogen and oxygen atoms in total. The van der Waals surface area contributed by atoms with Crippen molar-refractivity contribution in [3.8, 4) is 0 Å². The molecule has 0 unspecified atom stereocenters. The van der Waals surface area contributed by atoms with E-state index in [9.17, 15) is 4.79 Å². The van der Waals surface area contributed by atoms with Crippen molar-refractivity contribution in [1.29, 1.82) is 0 Å². The van der Waals surface area contributed by atoms with E-state index in [1.54, 1.807) is 0 Å². The van der Waals surface area contributed by atoms with Gasteiger partial charge in [0.05, 0.1) is 5.88 Å². The summed E-state index contributed by atoms with van der Waals surface area (Å²) in [5.41, 5.74) is 0. The van der Waals surface area contributed by atoms with Crippen LogP contribution in [0.25, 0.3) is 0 Å². The first-order chi connectivity index (χ1) is 4.26. The second-order valence-corrected chi connectivity index (χ2v) is 2.38. The number of carbonyl (C=O) groups excluding carboxylic acids is 1. The van der Waals surface area contributed by atoms with Gasteiger partial charge < -0.3 is 0 Å². The quantitative estimate of drug-likeness (QED) is 0.559. The average molecular weight is 149 g/mol. The second kappa shape index (κ2) is 4.80. The first kappa shape index (κ1) is 8.96. The van der Waals surface area contributed by atoms with Gasteiger partial charge in [-0.3, -0.25) is 4.79 Å². The van der Waals surface area contributed by atoms with Gasteiger partial charge in [-0.25, -0.2) is 0 Å². The number of hydrogen-bond acceptors (Lipinski definition) is 1. The third-order valence-corrected chi connectivity index (χ3v) is 1.84. The Balaban J connectivity index is 3.64. The lowest BCUT2D eigenvalue weighted by Crippen LogP contribution is -2.13. The molecule has 0 bridgehead atoms. The van der Waals surface area contributed by atoms with E-state index >= 15 is 0 Å². The van der Waals surface area contributed by atoms with Crippen LogP contribution in [-0.4, -0.2) is 11.7 Å². The average Bonchev–Trinajstić information content (AvgIpc) is 1.90. The van der Waals surface area contributed by atoms with Gasteiger partial charge >= 0.3 is 0 Å². The van der Waals surface area contributed by atoms with Crippen LogP contribution in [0.15, 0.2) is 0 Å². The second-order valence-electron chi connectivity index (χ2n) is 2.11. The third kappa shape index (κ3) is 2.85. The molecule has 0 aromatic heterocycles. The molecular weight excluding hydrogens is 136 g/mol. The summed E-state index contributed by atoms with van der Waals surface area (Å²) in [6.07, 6.45) is 1.84. The van der Waals surface area contributed by atoms with Crippen LogP contribution < -0.4 is 0 Å². The standard InChI is InChI=1S/C7H13ClO/c1-3-6(4-2)7(9)5-8/h6H,3-5H2,1-2H3. The van der Waals surface area contributed by atoms with E-state index in [1.807, 2.05) is 13.8 Å². The summed E-state index contributed by atoms with van der Waals surface area (Å²) >= 11 is 5.35. The highest BCUT2D eigenvalue weighted by Crippen LogP contribution is 2.08. The minimum absolute atomic E-state index is 0.173. The first-order valence-corrected chi connectivity index (χ1v) is 3.88. The molecule has 54 valence electrons. The molecule has 0 aliphatic rings. The van der Waals surface area contributed by atoms with Crippen molar-refractivity contribution < 1.29 is 4.79 Å². The molecule has 0 fully saturated rings. The zero-order valence-electron chi connectivity index (χ0n) is 5.98. The fourth-order valence-corrected chi connectivity index (χ4v) is 1.07. The Labute approximate surface area is 61.4 Å². The van der Waals surface area contributed by atoms with Gasteiger partial charge in [0.15, 0.2) is 5.78 Å². The van der Waals surface area contributed by atoms with Crippen LogP contribution in [0.1, 0.15) is 26.7 Å². The van der Waals surface area contributed by atoms with Crippen LogP contribution in [-0.2, 0) is 4.79 Å². The zero-order chi connectivity index (χ0) is 7.28. The van der Waals surface area contributed by atoms with Crippen LogP contribution in [0, 0.1) is 5.92 Å². The van der Waals surface area contributed by atoms with Crippen molar-refractivity contribution in [1.82, 2.24) is 0 Å². The maximum atomic E-state index is 10.8. The van der Waals surface area contributed by atoms with E-state index in [4.69, 9.17) is 11.6 Å². The molecule has 0 radical (unpaired) electrons. The summed E-state index contributed by atoms with van der Waals surface area (Å²) in [4.78, 5) is 10.8. The number of alkyl halides is 1. The topological polar surface area (TPSA) is 17.1 Å². The van der Waals surface area contributed by atoms with Crippen LogP contribution in [0.5, 0.6) is 0 Å². The predicted octanol–water partition coefficient (Wildman–Crippen LogP) is 2.23. The lowest BCUT2D eigenvalue weighted by Gasteiger charge is -2.06. The summed E-state index contributed by atoms with van der Waals surface area (Å²) in [5, 5.41) is 0. The van der Waals surface area contributed by atoms with Gasteiger partial charge in [0.25, 0.3) is 0 Å². The van der Waals surface area contributed by atoms with Gasteiger partial charge in [0.1, 0.15) is 0 Å². The van der Waals surface area contributed by atoms with E-state index in [2.05, 4.69) is 0 Å². The molecule has 0 heterocycles. The van der Waals surface area contributed by atoms with E-state index in [-0.39, 0.29) is 17.6 Å². The summed E-state index contributed by atoms with van der Waals surface area (Å²) in [5.74, 6) is 0.552. The van der Waals surface area contributed by atoms with Gasteiger partial charge in [-0.05, 0) is 12.8 Å². The van der Waals surface area contributed by atoms with Crippen LogP contribution in [0.4, 0.5) is 0 Å². The van der Waals surface area contributed by atoms with Crippen LogP contribution >= 0.6 is 11.6 Å². The van der Waals surface area contributed by atoms with Crippen molar-refractivity contribution >= 4 is 17.4 Å². The molecule has 0 atom stereocenters. The van der Waals surface area contributed by atoms with Crippen molar-refractivity contribution in [3.05, 3.63) is 0 Å². The van der Waals surface area contributed by atoms with Crippen LogP contribution in [0.3, 0.4) is 0 Å². The van der Waals surface area contributed by atoms with Crippen molar-refractivity contribution in [3.63, 3.8) is 0 Å². The summed E-state index contributed by atoms with van der Waals surface area (Å²) in [6.45, 7) is 4.03. The van der Waals surface area contributed by atoms with Crippen LogP contribution in [0.2, 0.25) is 0 Å². The van der Waals surface area contributed by atoms with Gasteiger partial charge in [0, 0.05) is 5.92 Å². The van der Waals surface area contributed by atoms with Gasteiger partial charge in [-0.2, -0.15) is 0 Å². The Morgan fingerprint density at radius 1 is 1.44 bits per heavy atom. The molecule has 0 saturated carbocycles. The zero-order valence-corrected chi connectivity index (χ0v) is 6.74. The highest BCUT2D eigenvalue weighted by molar-refractivity contribution is 6.27. The molecule has 0 aromatic carbocycles. The van der Waals surface area contributed by atoms with Gasteiger partial charge in [-0.15, -0.1) is 11.6 Å². The third-order valence-electron chi connectivity index (χ3n) is 1.57. The summed E-state index contributed by atoms with van der Waals surface area (Å²) in [7, 11) is 0. The molecule has 9 heavy (non-hydrogen) atoms. The Kier molecular flexibility index (Phi) is 4.78. The maximum absolute atomic E-state index is 10.8. The van der Waals surface area contributed by atoms with E-state index < -0.39 is 0 Å². The molecule has 0 amide bonds. The fraction of sp³-hybridized carbons (Fsp3) is 0.857. The minimum atomic E-state index is 0.173. The maximum Gasteiger partial charge on any atom is 0.150 e. The first-order valence-electron chi connectivity index (χ1n) is 3.34. The number of rotatable bonds is 4. The summed E-state index contributed by atoms with van der Waals surface area (Å²) in [6, 6.07) is 0. The smallest absolute Gasteiger partial charge is 0.150 e.